The van der Waals surface area contributed by atoms with E-state index in [4.69, 9.17) is 5.73 Å². The monoisotopic (exact) mass is 327 g/mol. The van der Waals surface area contributed by atoms with Gasteiger partial charge in [0.1, 0.15) is 5.69 Å². The molecule has 114 valence electrons. The highest BCUT2D eigenvalue weighted by Gasteiger charge is 2.28. The van der Waals surface area contributed by atoms with Gasteiger partial charge < -0.3 is 16.4 Å². The molecule has 5 nitrogen and oxygen atoms in total. The molecule has 0 bridgehead atoms. The molecule has 0 aromatic heterocycles. The number of amides is 2. The zero-order valence-electron chi connectivity index (χ0n) is 9.90. The van der Waals surface area contributed by atoms with Crippen LogP contribution in [-0.4, -0.2) is 23.3 Å². The number of nitrogens with two attached hydrogens (primary N) is 1. The fourth-order valence-corrected chi connectivity index (χ4v) is 1.20. The van der Waals surface area contributed by atoms with Crippen molar-refractivity contribution in [3.63, 3.8) is 0 Å². The number of hydrogen-bond acceptors (Lipinski definition) is 3. The highest BCUT2D eigenvalue weighted by Crippen LogP contribution is 2.26. The van der Waals surface area contributed by atoms with Gasteiger partial charge in [-0.25, -0.2) is 22.0 Å². The molecule has 0 radical (unpaired) electrons. The van der Waals surface area contributed by atoms with E-state index >= 15 is 0 Å². The summed E-state index contributed by atoms with van der Waals surface area (Å²) in [5, 5.41) is 3.14. The van der Waals surface area contributed by atoms with Gasteiger partial charge in [0.15, 0.2) is 23.3 Å². The Balaban J connectivity index is 3.01. The Morgan fingerprint density at radius 2 is 1.33 bits per heavy atom. The number of thiocarbonyl (C=S) groups is 1. The van der Waals surface area contributed by atoms with Crippen LogP contribution >= 0.6 is 12.2 Å². The number of rotatable bonds is 3. The van der Waals surface area contributed by atoms with Gasteiger partial charge in [0.25, 0.3) is 0 Å². The van der Waals surface area contributed by atoms with E-state index in [1.165, 1.54) is 5.32 Å². The van der Waals surface area contributed by atoms with Gasteiger partial charge in [0.05, 0.1) is 11.5 Å². The van der Waals surface area contributed by atoms with E-state index in [0.717, 1.165) is 0 Å². The van der Waals surface area contributed by atoms with Crippen LogP contribution in [0.4, 0.5) is 27.6 Å². The molecule has 1 aromatic carbocycles. The van der Waals surface area contributed by atoms with E-state index in [1.807, 2.05) is 5.32 Å². The first-order valence-electron chi connectivity index (χ1n) is 5.05. The molecule has 0 saturated carbocycles. The molecular formula is C10H6F5N3O2S. The van der Waals surface area contributed by atoms with Crippen LogP contribution in [0.15, 0.2) is 0 Å². The minimum Gasteiger partial charge on any atom is -0.392 e. The van der Waals surface area contributed by atoms with Gasteiger partial charge in [0, 0.05) is 0 Å². The molecule has 0 fully saturated rings. The minimum atomic E-state index is -2.39. The largest absolute Gasteiger partial charge is 0.392 e. The molecule has 1 rings (SSSR count). The fourth-order valence-electron chi connectivity index (χ4n) is 1.13. The molecule has 4 N–H and O–H groups in total. The predicted octanol–water partition coefficient (Wildman–Crippen LogP) is 0.723. The van der Waals surface area contributed by atoms with Gasteiger partial charge in [-0.05, 0) is 0 Å². The van der Waals surface area contributed by atoms with Crippen molar-refractivity contribution in [3.05, 3.63) is 29.1 Å². The summed E-state index contributed by atoms with van der Waals surface area (Å²) in [5.74, 6) is -14.5. The molecule has 1 aromatic rings. The third-order valence-electron chi connectivity index (χ3n) is 2.08. The zero-order valence-corrected chi connectivity index (χ0v) is 10.7. The number of halogens is 5. The maximum Gasteiger partial charge on any atom is 0.313 e. The van der Waals surface area contributed by atoms with Crippen LogP contribution in [0.3, 0.4) is 0 Å². The Hall–Kier alpha value is -2.30. The summed E-state index contributed by atoms with van der Waals surface area (Å²) >= 11 is 4.39. The molecule has 0 aliphatic rings. The van der Waals surface area contributed by atoms with Crippen LogP contribution in [-0.2, 0) is 9.59 Å². The molecule has 0 unspecified atom stereocenters. The molecule has 11 heteroatoms. The summed E-state index contributed by atoms with van der Waals surface area (Å²) in [7, 11) is 0. The van der Waals surface area contributed by atoms with Gasteiger partial charge in [-0.3, -0.25) is 9.59 Å². The first kappa shape index (κ1) is 16.8. The van der Waals surface area contributed by atoms with E-state index < -0.39 is 53.1 Å². The zero-order chi connectivity index (χ0) is 16.3. The third kappa shape index (κ3) is 3.62. The minimum absolute atomic E-state index is 0.188. The van der Waals surface area contributed by atoms with Crippen LogP contribution in [0.5, 0.6) is 0 Å². The number of carbonyl (C=O) groups is 2. The summed E-state index contributed by atoms with van der Waals surface area (Å²) in [5.41, 5.74) is 3.39. The lowest BCUT2D eigenvalue weighted by molar-refractivity contribution is -0.136. The van der Waals surface area contributed by atoms with Crippen LogP contribution in [0.2, 0.25) is 0 Å². The first-order chi connectivity index (χ1) is 9.66. The first-order valence-corrected chi connectivity index (χ1v) is 5.46. The molecule has 0 heterocycles. The van der Waals surface area contributed by atoms with Crippen LogP contribution in [0.1, 0.15) is 0 Å². The number of nitrogens with one attached hydrogen (secondary N) is 2. The molecule has 2 amide bonds. The number of anilines is 1. The van der Waals surface area contributed by atoms with Crippen molar-refractivity contribution in [2.45, 2.75) is 0 Å². The molecule has 0 saturated heterocycles. The van der Waals surface area contributed by atoms with Crippen molar-refractivity contribution in [3.8, 4) is 0 Å². The third-order valence-corrected chi connectivity index (χ3v) is 2.22. The van der Waals surface area contributed by atoms with Crippen LogP contribution in [0.25, 0.3) is 0 Å². The predicted molar refractivity (Wildman–Crippen MR) is 64.7 cm³/mol. The highest BCUT2D eigenvalue weighted by molar-refractivity contribution is 7.80. The topological polar surface area (TPSA) is 84.2 Å². The lowest BCUT2D eigenvalue weighted by atomic mass is 10.2. The Kier molecular flexibility index (Phi) is 5.13. The van der Waals surface area contributed by atoms with Crippen molar-refractivity contribution in [2.75, 3.05) is 11.9 Å². The Labute approximate surface area is 119 Å². The second-order valence-electron chi connectivity index (χ2n) is 3.55. The summed E-state index contributed by atoms with van der Waals surface area (Å²) in [4.78, 5) is 22.2. The second-order valence-corrected chi connectivity index (χ2v) is 4.07. The standard InChI is InChI=1S/C10H6F5N3O2S/c11-3-4(12)6(14)8(7(15)5(3)13)18-10(20)9(19)17-1-2(16)21/h1H2,(H2,16,21)(H,17,19)(H,18,20). The van der Waals surface area contributed by atoms with E-state index in [-0.39, 0.29) is 4.99 Å². The van der Waals surface area contributed by atoms with E-state index in [2.05, 4.69) is 12.2 Å². The van der Waals surface area contributed by atoms with E-state index in [9.17, 15) is 31.5 Å². The Morgan fingerprint density at radius 1 is 0.905 bits per heavy atom. The molecule has 0 atom stereocenters. The molecular weight excluding hydrogens is 321 g/mol. The number of hydrogen-bond donors (Lipinski definition) is 3. The van der Waals surface area contributed by atoms with Crippen molar-refractivity contribution < 1.29 is 31.5 Å². The van der Waals surface area contributed by atoms with E-state index in [1.54, 1.807) is 0 Å². The summed E-state index contributed by atoms with van der Waals surface area (Å²) in [6.07, 6.45) is 0. The molecule has 0 aliphatic carbocycles. The lowest BCUT2D eigenvalue weighted by Gasteiger charge is -2.09. The van der Waals surface area contributed by atoms with Gasteiger partial charge in [0.2, 0.25) is 5.82 Å². The molecule has 0 aliphatic heterocycles. The van der Waals surface area contributed by atoms with Crippen molar-refractivity contribution in [1.82, 2.24) is 5.32 Å². The van der Waals surface area contributed by atoms with Crippen molar-refractivity contribution in [1.29, 1.82) is 0 Å². The van der Waals surface area contributed by atoms with Crippen molar-refractivity contribution in [2.24, 2.45) is 5.73 Å². The normalized spacial score (nSPS) is 10.1. The Bertz CT molecular complexity index is 609. The maximum atomic E-state index is 13.2. The van der Waals surface area contributed by atoms with Crippen molar-refractivity contribution >= 4 is 34.7 Å². The van der Waals surface area contributed by atoms with Gasteiger partial charge in [-0.15, -0.1) is 0 Å². The van der Waals surface area contributed by atoms with Crippen LogP contribution in [0, 0.1) is 29.1 Å². The lowest BCUT2D eigenvalue weighted by Crippen LogP contribution is -2.40. The Morgan fingerprint density at radius 3 is 1.76 bits per heavy atom. The molecule has 0 spiro atoms. The number of carbonyl (C=O) groups excluding carboxylic acids is 2. The average molecular weight is 327 g/mol. The highest BCUT2D eigenvalue weighted by atomic mass is 32.1. The number of benzene rings is 1. The van der Waals surface area contributed by atoms with Gasteiger partial charge in [-0.2, -0.15) is 0 Å². The quantitative estimate of drug-likeness (QED) is 0.251. The van der Waals surface area contributed by atoms with Crippen LogP contribution < -0.4 is 16.4 Å². The SMILES string of the molecule is NC(=S)CNC(=O)C(=O)Nc1c(F)c(F)c(F)c(F)c1F. The average Bonchev–Trinajstić information content (AvgIpc) is 2.44. The summed E-state index contributed by atoms with van der Waals surface area (Å²) in [6.45, 7) is -0.390. The maximum absolute atomic E-state index is 13.2. The summed E-state index contributed by atoms with van der Waals surface area (Å²) in [6, 6.07) is 0. The summed E-state index contributed by atoms with van der Waals surface area (Å²) < 4.78 is 64.9. The van der Waals surface area contributed by atoms with Gasteiger partial charge >= 0.3 is 11.8 Å². The van der Waals surface area contributed by atoms with E-state index in [0.29, 0.717) is 0 Å². The van der Waals surface area contributed by atoms with Gasteiger partial charge in [-0.1, -0.05) is 12.2 Å². The molecule has 21 heavy (non-hydrogen) atoms. The second kappa shape index (κ2) is 6.43. The smallest absolute Gasteiger partial charge is 0.313 e. The fraction of sp³-hybridized carbons (Fsp3) is 0.100.